The Kier molecular flexibility index (Phi) is 4.94. The number of rotatable bonds is 3. The van der Waals surface area contributed by atoms with E-state index in [2.05, 4.69) is 9.47 Å². The minimum Gasteiger partial charge on any atom is -0.477 e. The zero-order chi connectivity index (χ0) is 23.4. The summed E-state index contributed by atoms with van der Waals surface area (Å²) in [4.78, 5) is 41.9. The first-order valence-electron chi connectivity index (χ1n) is 12.1. The Morgan fingerprint density at radius 2 is 1.65 bits per heavy atom. The summed E-state index contributed by atoms with van der Waals surface area (Å²) < 4.78 is 2.08. The Hall–Kier alpha value is -3.61. The van der Waals surface area contributed by atoms with Gasteiger partial charge in [-0.15, -0.1) is 0 Å². The molecule has 0 radical (unpaired) electrons. The van der Waals surface area contributed by atoms with Gasteiger partial charge in [-0.3, -0.25) is 9.59 Å². The van der Waals surface area contributed by atoms with Crippen LogP contribution >= 0.6 is 0 Å². The van der Waals surface area contributed by atoms with E-state index in [1.165, 1.54) is 5.56 Å². The maximum Gasteiger partial charge on any atom is 0.341 e. The molecular formula is C27H27N3O4. The maximum absolute atomic E-state index is 13.0. The van der Waals surface area contributed by atoms with E-state index in [1.807, 2.05) is 41.3 Å². The second-order valence-electron chi connectivity index (χ2n) is 9.58. The molecule has 1 saturated carbocycles. The number of amides is 1. The predicted molar refractivity (Wildman–Crippen MR) is 130 cm³/mol. The van der Waals surface area contributed by atoms with Crippen LogP contribution in [0.5, 0.6) is 0 Å². The van der Waals surface area contributed by atoms with Gasteiger partial charge in [0.2, 0.25) is 5.43 Å². The number of pyridine rings is 1. The summed E-state index contributed by atoms with van der Waals surface area (Å²) >= 11 is 0. The lowest BCUT2D eigenvalue weighted by molar-refractivity contribution is 0.0693. The number of aromatic carboxylic acids is 1. The molecule has 2 atom stereocenters. The van der Waals surface area contributed by atoms with Gasteiger partial charge < -0.3 is 19.5 Å². The van der Waals surface area contributed by atoms with Crippen LogP contribution in [0, 0.1) is 0 Å². The minimum atomic E-state index is -1.17. The summed E-state index contributed by atoms with van der Waals surface area (Å²) in [7, 11) is 0. The lowest BCUT2D eigenvalue weighted by atomic mass is 9.81. The van der Waals surface area contributed by atoms with E-state index in [-0.39, 0.29) is 17.5 Å². The molecule has 0 bridgehead atoms. The normalized spacial score (nSPS) is 21.5. The molecule has 2 fully saturated rings. The van der Waals surface area contributed by atoms with Crippen LogP contribution in [0.4, 0.5) is 5.69 Å². The maximum atomic E-state index is 13.0. The molecule has 1 saturated heterocycles. The van der Waals surface area contributed by atoms with Crippen molar-refractivity contribution in [1.29, 1.82) is 0 Å². The molecule has 3 aromatic rings. The molecule has 1 aromatic heterocycles. The van der Waals surface area contributed by atoms with E-state index in [0.717, 1.165) is 50.0 Å². The Morgan fingerprint density at radius 3 is 2.38 bits per heavy atom. The third kappa shape index (κ3) is 3.14. The number of hydrogen-bond donors (Lipinski definition) is 1. The number of carbonyl (C=O) groups excluding carboxylic acids is 1. The quantitative estimate of drug-likeness (QED) is 0.646. The van der Waals surface area contributed by atoms with Gasteiger partial charge in [0.25, 0.3) is 5.91 Å². The third-order valence-corrected chi connectivity index (χ3v) is 7.83. The highest BCUT2D eigenvalue weighted by atomic mass is 16.4. The average molecular weight is 458 g/mol. The van der Waals surface area contributed by atoms with Crippen LogP contribution in [-0.4, -0.2) is 52.6 Å². The fraction of sp³-hybridized carbons (Fsp3) is 0.370. The molecule has 34 heavy (non-hydrogen) atoms. The second kappa shape index (κ2) is 8.01. The summed E-state index contributed by atoms with van der Waals surface area (Å²) in [5, 5.41) is 10.1. The van der Waals surface area contributed by atoms with Crippen molar-refractivity contribution < 1.29 is 14.7 Å². The lowest BCUT2D eigenvalue weighted by Gasteiger charge is -2.38. The molecule has 3 heterocycles. The smallest absolute Gasteiger partial charge is 0.341 e. The van der Waals surface area contributed by atoms with Crippen LogP contribution in [0.1, 0.15) is 63.9 Å². The zero-order valence-electron chi connectivity index (χ0n) is 18.9. The highest BCUT2D eigenvalue weighted by Gasteiger charge is 2.39. The van der Waals surface area contributed by atoms with E-state index in [0.29, 0.717) is 30.0 Å². The van der Waals surface area contributed by atoms with Crippen LogP contribution in [-0.2, 0) is 0 Å². The van der Waals surface area contributed by atoms with Crippen molar-refractivity contribution in [3.63, 3.8) is 0 Å². The molecule has 3 aliphatic rings. The van der Waals surface area contributed by atoms with Crippen molar-refractivity contribution in [2.45, 2.75) is 37.6 Å². The van der Waals surface area contributed by atoms with Gasteiger partial charge in [-0.05, 0) is 37.1 Å². The summed E-state index contributed by atoms with van der Waals surface area (Å²) in [6, 6.07) is 13.4. The predicted octanol–water partition coefficient (Wildman–Crippen LogP) is 3.87. The summed E-state index contributed by atoms with van der Waals surface area (Å²) in [5.41, 5.74) is 3.40. The molecule has 2 aliphatic heterocycles. The molecule has 1 aliphatic carbocycles. The summed E-state index contributed by atoms with van der Waals surface area (Å²) in [6.45, 7) is 2.74. The Bertz CT molecular complexity index is 1360. The van der Waals surface area contributed by atoms with E-state index in [9.17, 15) is 19.5 Å². The van der Waals surface area contributed by atoms with Gasteiger partial charge >= 0.3 is 5.97 Å². The van der Waals surface area contributed by atoms with E-state index >= 15 is 0 Å². The van der Waals surface area contributed by atoms with E-state index in [1.54, 1.807) is 12.3 Å². The molecule has 6 rings (SSSR count). The van der Waals surface area contributed by atoms with Crippen molar-refractivity contribution in [2.75, 3.05) is 31.1 Å². The van der Waals surface area contributed by atoms with Gasteiger partial charge in [-0.25, -0.2) is 4.79 Å². The SMILES string of the molecule is O=C(O)c1cn2c3c(c(N4CCN(C(=O)c5ccccc5)CC4)ccc3c1=O)C1CCCCC12. The molecule has 2 aromatic carbocycles. The fourth-order valence-corrected chi connectivity index (χ4v) is 6.22. The second-order valence-corrected chi connectivity index (χ2v) is 9.58. The van der Waals surface area contributed by atoms with Crippen molar-refractivity contribution in [1.82, 2.24) is 9.47 Å². The van der Waals surface area contributed by atoms with Gasteiger partial charge in [0, 0.05) is 66.5 Å². The molecule has 174 valence electrons. The lowest BCUT2D eigenvalue weighted by Crippen LogP contribution is -2.49. The number of nitrogens with zero attached hydrogens (tertiary/aromatic N) is 3. The van der Waals surface area contributed by atoms with Gasteiger partial charge in [0.15, 0.2) is 0 Å². The molecular weight excluding hydrogens is 430 g/mol. The van der Waals surface area contributed by atoms with Crippen LogP contribution in [0.15, 0.2) is 53.5 Å². The Labute approximate surface area is 197 Å². The van der Waals surface area contributed by atoms with Gasteiger partial charge in [-0.2, -0.15) is 0 Å². The monoisotopic (exact) mass is 457 g/mol. The number of aromatic nitrogens is 1. The van der Waals surface area contributed by atoms with Gasteiger partial charge in [-0.1, -0.05) is 31.0 Å². The third-order valence-electron chi connectivity index (χ3n) is 7.83. The number of carbonyl (C=O) groups is 2. The summed E-state index contributed by atoms with van der Waals surface area (Å²) in [5.74, 6) is -0.815. The number of hydrogen-bond acceptors (Lipinski definition) is 4. The number of benzene rings is 2. The fourth-order valence-electron chi connectivity index (χ4n) is 6.22. The van der Waals surface area contributed by atoms with Crippen LogP contribution < -0.4 is 10.3 Å². The standard InChI is InChI=1S/C27H27N3O4/c31-25-19-10-11-22(28-12-14-29(15-13-28)26(32)17-6-2-1-3-7-17)23-18-8-4-5-9-21(18)30(24(19)23)16-20(25)27(33)34/h1-3,6-7,10-11,16,18,21H,4-5,8-9,12-15H2,(H,33,34). The first-order valence-corrected chi connectivity index (χ1v) is 12.1. The van der Waals surface area contributed by atoms with Crippen LogP contribution in [0.2, 0.25) is 0 Å². The topological polar surface area (TPSA) is 82.8 Å². The van der Waals surface area contributed by atoms with Gasteiger partial charge in [0.1, 0.15) is 5.56 Å². The van der Waals surface area contributed by atoms with E-state index in [4.69, 9.17) is 0 Å². The number of piperazine rings is 1. The highest BCUT2D eigenvalue weighted by Crippen LogP contribution is 2.52. The average Bonchev–Trinajstić information content (AvgIpc) is 3.21. The molecule has 1 N–H and O–H groups in total. The molecule has 2 unspecified atom stereocenters. The number of anilines is 1. The van der Waals surface area contributed by atoms with Crippen molar-refractivity contribution in [3.05, 3.63) is 75.6 Å². The van der Waals surface area contributed by atoms with Crippen molar-refractivity contribution in [2.24, 2.45) is 0 Å². The first-order chi connectivity index (χ1) is 16.5. The highest BCUT2D eigenvalue weighted by molar-refractivity contribution is 5.97. The van der Waals surface area contributed by atoms with Crippen molar-refractivity contribution >= 4 is 28.5 Å². The van der Waals surface area contributed by atoms with Crippen LogP contribution in [0.25, 0.3) is 10.9 Å². The van der Waals surface area contributed by atoms with E-state index < -0.39 is 11.4 Å². The molecule has 7 heteroatoms. The molecule has 0 spiro atoms. The number of carboxylic acid groups (broad SMARTS) is 1. The summed E-state index contributed by atoms with van der Waals surface area (Å²) in [6.07, 6.45) is 5.87. The zero-order valence-corrected chi connectivity index (χ0v) is 18.9. The number of fused-ring (bicyclic) bond motifs is 3. The first kappa shape index (κ1) is 21.0. The molecule has 7 nitrogen and oxygen atoms in total. The van der Waals surface area contributed by atoms with Crippen molar-refractivity contribution in [3.8, 4) is 0 Å². The Morgan fingerprint density at radius 1 is 0.912 bits per heavy atom. The molecule has 1 amide bonds. The van der Waals surface area contributed by atoms with Crippen LogP contribution in [0.3, 0.4) is 0 Å². The largest absolute Gasteiger partial charge is 0.477 e. The Balaban J connectivity index is 1.37. The van der Waals surface area contributed by atoms with Gasteiger partial charge in [0.05, 0.1) is 5.52 Å². The number of carboxylic acids is 1. The minimum absolute atomic E-state index is 0.0608.